The molecule has 2 aliphatic heterocycles. The molecule has 1 amide bonds. The molecule has 6 heteroatoms. The third-order valence-electron chi connectivity index (χ3n) is 4.02. The second-order valence-electron chi connectivity index (χ2n) is 5.37. The molecule has 0 unspecified atom stereocenters. The van der Waals surface area contributed by atoms with E-state index in [-0.39, 0.29) is 12.5 Å². The standard InChI is InChI=1S/C13H19N3O2S/c1-18-9-13(17)16-6-10-4-15(5-11(10)7-16)8-12-14-2-3-19-12/h2-3,10-11H,4-9H2,1H3/t10-,11+. The van der Waals surface area contributed by atoms with E-state index in [0.29, 0.717) is 11.8 Å². The number of rotatable bonds is 4. The van der Waals surface area contributed by atoms with Crippen LogP contribution in [0.15, 0.2) is 11.6 Å². The van der Waals surface area contributed by atoms with Gasteiger partial charge in [0.2, 0.25) is 5.91 Å². The van der Waals surface area contributed by atoms with Crippen LogP contribution in [0.4, 0.5) is 0 Å². The molecule has 0 N–H and O–H groups in total. The van der Waals surface area contributed by atoms with Gasteiger partial charge in [0.25, 0.3) is 0 Å². The maximum atomic E-state index is 11.8. The van der Waals surface area contributed by atoms with Gasteiger partial charge >= 0.3 is 0 Å². The lowest BCUT2D eigenvalue weighted by molar-refractivity contribution is -0.134. The van der Waals surface area contributed by atoms with Crippen molar-refractivity contribution >= 4 is 17.2 Å². The molecule has 0 radical (unpaired) electrons. The molecule has 0 aliphatic carbocycles. The number of carbonyl (C=O) groups is 1. The first-order valence-electron chi connectivity index (χ1n) is 6.63. The molecule has 19 heavy (non-hydrogen) atoms. The normalized spacial score (nSPS) is 26.9. The Bertz CT molecular complexity index is 423. The van der Waals surface area contributed by atoms with Gasteiger partial charge in [-0.05, 0) is 11.8 Å². The van der Waals surface area contributed by atoms with Crippen LogP contribution in [-0.2, 0) is 16.1 Å². The second-order valence-corrected chi connectivity index (χ2v) is 6.35. The SMILES string of the molecule is COCC(=O)N1C[C@H]2CN(Cc3nccs3)C[C@H]2C1. The van der Waals surface area contributed by atoms with Gasteiger partial charge in [-0.25, -0.2) is 4.98 Å². The van der Waals surface area contributed by atoms with E-state index in [0.717, 1.165) is 32.7 Å². The Morgan fingerprint density at radius 1 is 1.42 bits per heavy atom. The number of nitrogens with zero attached hydrogens (tertiary/aromatic N) is 3. The largest absolute Gasteiger partial charge is 0.375 e. The van der Waals surface area contributed by atoms with Crippen molar-refractivity contribution < 1.29 is 9.53 Å². The highest BCUT2D eigenvalue weighted by molar-refractivity contribution is 7.09. The van der Waals surface area contributed by atoms with E-state index >= 15 is 0 Å². The molecule has 1 aromatic heterocycles. The summed E-state index contributed by atoms with van der Waals surface area (Å²) >= 11 is 1.72. The van der Waals surface area contributed by atoms with Crippen LogP contribution in [0, 0.1) is 11.8 Å². The fraction of sp³-hybridized carbons (Fsp3) is 0.692. The Morgan fingerprint density at radius 3 is 2.74 bits per heavy atom. The minimum atomic E-state index is 0.128. The molecule has 3 heterocycles. The molecule has 2 atom stereocenters. The van der Waals surface area contributed by atoms with Gasteiger partial charge in [-0.2, -0.15) is 0 Å². The van der Waals surface area contributed by atoms with E-state index in [9.17, 15) is 4.79 Å². The Morgan fingerprint density at radius 2 is 2.16 bits per heavy atom. The molecule has 0 bridgehead atoms. The minimum absolute atomic E-state index is 0.128. The van der Waals surface area contributed by atoms with Gasteiger partial charge in [-0.3, -0.25) is 9.69 Å². The number of hydrogen-bond donors (Lipinski definition) is 0. The van der Waals surface area contributed by atoms with Crippen molar-refractivity contribution in [2.75, 3.05) is 39.9 Å². The van der Waals surface area contributed by atoms with Gasteiger partial charge in [-0.15, -0.1) is 11.3 Å². The minimum Gasteiger partial charge on any atom is -0.375 e. The Hall–Kier alpha value is -0.980. The molecule has 104 valence electrons. The zero-order valence-corrected chi connectivity index (χ0v) is 11.9. The van der Waals surface area contributed by atoms with Gasteiger partial charge < -0.3 is 9.64 Å². The van der Waals surface area contributed by atoms with E-state index in [1.54, 1.807) is 18.4 Å². The molecule has 0 spiro atoms. The molecular weight excluding hydrogens is 262 g/mol. The van der Waals surface area contributed by atoms with Gasteiger partial charge in [0.05, 0.1) is 6.54 Å². The Balaban J connectivity index is 1.51. The summed E-state index contributed by atoms with van der Waals surface area (Å²) in [6.07, 6.45) is 1.86. The van der Waals surface area contributed by atoms with Crippen LogP contribution in [0.5, 0.6) is 0 Å². The lowest BCUT2D eigenvalue weighted by Crippen LogP contribution is -2.35. The van der Waals surface area contributed by atoms with Crippen LogP contribution < -0.4 is 0 Å². The summed E-state index contributed by atoms with van der Waals surface area (Å²) in [6, 6.07) is 0. The fourth-order valence-electron chi connectivity index (χ4n) is 3.16. The number of methoxy groups -OCH3 is 1. The summed E-state index contributed by atoms with van der Waals surface area (Å²) < 4.78 is 4.92. The highest BCUT2D eigenvalue weighted by atomic mass is 32.1. The van der Waals surface area contributed by atoms with Crippen molar-refractivity contribution in [3.05, 3.63) is 16.6 Å². The number of amides is 1. The van der Waals surface area contributed by atoms with Crippen LogP contribution in [0.1, 0.15) is 5.01 Å². The molecule has 2 fully saturated rings. The average molecular weight is 281 g/mol. The number of likely N-dealkylation sites (tertiary alicyclic amines) is 2. The zero-order valence-electron chi connectivity index (χ0n) is 11.1. The summed E-state index contributed by atoms with van der Waals surface area (Å²) in [5.41, 5.74) is 0. The molecule has 5 nitrogen and oxygen atoms in total. The maximum Gasteiger partial charge on any atom is 0.248 e. The monoisotopic (exact) mass is 281 g/mol. The third-order valence-corrected chi connectivity index (χ3v) is 4.79. The second kappa shape index (κ2) is 5.56. The summed E-state index contributed by atoms with van der Waals surface area (Å²) in [4.78, 5) is 20.6. The van der Waals surface area contributed by atoms with Crippen molar-refractivity contribution in [3.63, 3.8) is 0 Å². The van der Waals surface area contributed by atoms with Crippen molar-refractivity contribution in [2.24, 2.45) is 11.8 Å². The van der Waals surface area contributed by atoms with E-state index in [1.807, 2.05) is 16.5 Å². The number of aromatic nitrogens is 1. The summed E-state index contributed by atoms with van der Waals surface area (Å²) in [6.45, 7) is 5.11. The zero-order chi connectivity index (χ0) is 13.2. The lowest BCUT2D eigenvalue weighted by atomic mass is 10.0. The Kier molecular flexibility index (Phi) is 3.81. The lowest BCUT2D eigenvalue weighted by Gasteiger charge is -2.20. The van der Waals surface area contributed by atoms with Crippen LogP contribution in [-0.4, -0.2) is 60.6 Å². The first kappa shape index (κ1) is 13.0. The Labute approximate surface area is 117 Å². The number of carbonyl (C=O) groups excluding carboxylic acids is 1. The quantitative estimate of drug-likeness (QED) is 0.814. The van der Waals surface area contributed by atoms with E-state index in [2.05, 4.69) is 9.88 Å². The fourth-order valence-corrected chi connectivity index (χ4v) is 3.82. The topological polar surface area (TPSA) is 45.7 Å². The first-order chi connectivity index (χ1) is 9.26. The van der Waals surface area contributed by atoms with Crippen molar-refractivity contribution in [1.29, 1.82) is 0 Å². The number of ether oxygens (including phenoxy) is 1. The van der Waals surface area contributed by atoms with Crippen molar-refractivity contribution in [1.82, 2.24) is 14.8 Å². The predicted molar refractivity (Wildman–Crippen MR) is 72.8 cm³/mol. The molecule has 1 aromatic rings. The number of fused-ring (bicyclic) bond motifs is 1. The molecule has 0 aromatic carbocycles. The van der Waals surface area contributed by atoms with Gasteiger partial charge in [0, 0.05) is 44.9 Å². The van der Waals surface area contributed by atoms with Crippen LogP contribution >= 0.6 is 11.3 Å². The van der Waals surface area contributed by atoms with Gasteiger partial charge in [0.15, 0.2) is 0 Å². The van der Waals surface area contributed by atoms with E-state index < -0.39 is 0 Å². The van der Waals surface area contributed by atoms with E-state index in [1.165, 1.54) is 5.01 Å². The van der Waals surface area contributed by atoms with Crippen LogP contribution in [0.2, 0.25) is 0 Å². The van der Waals surface area contributed by atoms with Crippen molar-refractivity contribution in [2.45, 2.75) is 6.54 Å². The molecule has 3 rings (SSSR count). The van der Waals surface area contributed by atoms with E-state index in [4.69, 9.17) is 4.74 Å². The number of hydrogen-bond acceptors (Lipinski definition) is 5. The third kappa shape index (κ3) is 2.80. The van der Waals surface area contributed by atoms with Gasteiger partial charge in [0.1, 0.15) is 11.6 Å². The summed E-state index contributed by atoms with van der Waals surface area (Å²) in [5, 5.41) is 3.21. The molecule has 2 saturated heterocycles. The highest BCUT2D eigenvalue weighted by Gasteiger charge is 2.41. The van der Waals surface area contributed by atoms with Crippen LogP contribution in [0.3, 0.4) is 0 Å². The first-order valence-corrected chi connectivity index (χ1v) is 7.51. The summed E-state index contributed by atoms with van der Waals surface area (Å²) in [7, 11) is 1.57. The average Bonchev–Trinajstić information content (AvgIpc) is 3.04. The number of thiazole rings is 1. The molecule has 0 saturated carbocycles. The predicted octanol–water partition coefficient (Wildman–Crippen LogP) is 0.680. The maximum absolute atomic E-state index is 11.8. The summed E-state index contributed by atoms with van der Waals surface area (Å²) in [5.74, 6) is 1.38. The van der Waals surface area contributed by atoms with Crippen molar-refractivity contribution in [3.8, 4) is 0 Å². The molecular formula is C13H19N3O2S. The molecule has 2 aliphatic rings. The smallest absolute Gasteiger partial charge is 0.248 e. The van der Waals surface area contributed by atoms with Gasteiger partial charge in [-0.1, -0.05) is 0 Å². The van der Waals surface area contributed by atoms with Crippen LogP contribution in [0.25, 0.3) is 0 Å². The highest BCUT2D eigenvalue weighted by Crippen LogP contribution is 2.32.